The molecule has 0 bridgehead atoms. The Morgan fingerprint density at radius 2 is 1.90 bits per heavy atom. The molecule has 6 nitrogen and oxygen atoms in total. The maximum Gasteiger partial charge on any atom is 0.333 e. The van der Waals surface area contributed by atoms with Gasteiger partial charge < -0.3 is 15.8 Å². The fourth-order valence-electron chi connectivity index (χ4n) is 1.73. The summed E-state index contributed by atoms with van der Waals surface area (Å²) in [5.74, 6) is -1.81. The molecule has 1 aromatic carbocycles. The zero-order chi connectivity index (χ0) is 15.8. The van der Waals surface area contributed by atoms with E-state index in [1.165, 1.54) is 7.11 Å². The largest absolute Gasteiger partial charge is 0.466 e. The highest BCUT2D eigenvalue weighted by Gasteiger charge is 2.20. The lowest BCUT2D eigenvalue weighted by molar-refractivity contribution is -0.137. The Labute approximate surface area is 123 Å². The van der Waals surface area contributed by atoms with Gasteiger partial charge in [0.05, 0.1) is 13.5 Å². The summed E-state index contributed by atoms with van der Waals surface area (Å²) in [6, 6.07) is 8.32. The number of carbonyl (C=O) groups excluding carboxylic acids is 3. The topological polar surface area (TPSA) is 98.5 Å². The summed E-state index contributed by atoms with van der Waals surface area (Å²) in [6.45, 7) is 3.45. The van der Waals surface area contributed by atoms with Gasteiger partial charge in [-0.25, -0.2) is 4.79 Å². The molecule has 0 spiro atoms. The summed E-state index contributed by atoms with van der Waals surface area (Å²) in [7, 11) is 1.20. The number of rotatable bonds is 7. The van der Waals surface area contributed by atoms with Gasteiger partial charge in [0.15, 0.2) is 0 Å². The van der Waals surface area contributed by atoms with Crippen molar-refractivity contribution in [3.8, 4) is 0 Å². The molecule has 112 valence electrons. The molecule has 0 radical (unpaired) electrons. The average Bonchev–Trinajstić information content (AvgIpc) is 2.46. The Bertz CT molecular complexity index is 540. The van der Waals surface area contributed by atoms with Crippen molar-refractivity contribution < 1.29 is 19.1 Å². The molecule has 0 heterocycles. The third kappa shape index (κ3) is 5.48. The van der Waals surface area contributed by atoms with Crippen LogP contribution in [0.1, 0.15) is 12.0 Å². The molecule has 1 atom stereocenters. The lowest BCUT2D eigenvalue weighted by atomic mass is 10.1. The number of esters is 1. The van der Waals surface area contributed by atoms with E-state index in [1.807, 2.05) is 30.3 Å². The summed E-state index contributed by atoms with van der Waals surface area (Å²) in [6.07, 6.45) is 0.0395. The van der Waals surface area contributed by atoms with E-state index in [0.29, 0.717) is 0 Å². The van der Waals surface area contributed by atoms with E-state index in [2.05, 4.69) is 16.6 Å². The molecule has 1 unspecified atom stereocenters. The second kappa shape index (κ2) is 7.84. The van der Waals surface area contributed by atoms with Gasteiger partial charge in [0.2, 0.25) is 11.8 Å². The van der Waals surface area contributed by atoms with Crippen LogP contribution in [0.15, 0.2) is 42.5 Å². The molecule has 0 fully saturated rings. The van der Waals surface area contributed by atoms with Crippen molar-refractivity contribution in [3.63, 3.8) is 0 Å². The molecule has 0 aliphatic carbocycles. The van der Waals surface area contributed by atoms with E-state index < -0.39 is 23.8 Å². The molecule has 0 aliphatic rings. The number of primary amides is 1. The van der Waals surface area contributed by atoms with Crippen LogP contribution in [0.3, 0.4) is 0 Å². The van der Waals surface area contributed by atoms with Gasteiger partial charge in [0, 0.05) is 12.0 Å². The number of methoxy groups -OCH3 is 1. The molecule has 21 heavy (non-hydrogen) atoms. The third-order valence-corrected chi connectivity index (χ3v) is 2.81. The lowest BCUT2D eigenvalue weighted by Gasteiger charge is -2.15. The van der Waals surface area contributed by atoms with Crippen molar-refractivity contribution in [2.24, 2.45) is 5.73 Å². The molecule has 0 saturated heterocycles. The van der Waals surface area contributed by atoms with Crippen LogP contribution < -0.4 is 11.1 Å². The molecule has 1 aromatic rings. The number of hydrogen-bond donors (Lipinski definition) is 2. The van der Waals surface area contributed by atoms with Gasteiger partial charge >= 0.3 is 5.97 Å². The first kappa shape index (κ1) is 16.4. The van der Waals surface area contributed by atoms with Crippen LogP contribution in [0.25, 0.3) is 0 Å². The van der Waals surface area contributed by atoms with Gasteiger partial charge in [-0.3, -0.25) is 9.59 Å². The quantitative estimate of drug-likeness (QED) is 0.558. The Balaban J connectivity index is 2.62. The summed E-state index contributed by atoms with van der Waals surface area (Å²) in [5, 5.41) is 2.49. The number of ether oxygens (including phenoxy) is 1. The fraction of sp³-hybridized carbons (Fsp3) is 0.267. The average molecular weight is 290 g/mol. The van der Waals surface area contributed by atoms with E-state index in [-0.39, 0.29) is 18.4 Å². The first-order valence-corrected chi connectivity index (χ1v) is 6.32. The molecule has 1 rings (SSSR count). The number of benzene rings is 1. The standard InChI is InChI=1S/C15H18N2O4/c1-10(15(20)21-2)8-13(18)17-12(14(16)19)9-11-6-4-3-5-7-11/h3-7,12H,1,8-9H2,2H3,(H2,16,19)(H,17,18). The van der Waals surface area contributed by atoms with Crippen molar-refractivity contribution in [3.05, 3.63) is 48.0 Å². The first-order chi connectivity index (χ1) is 9.93. The van der Waals surface area contributed by atoms with Gasteiger partial charge in [-0.15, -0.1) is 0 Å². The van der Waals surface area contributed by atoms with Gasteiger partial charge in [-0.1, -0.05) is 36.9 Å². The fourth-order valence-corrected chi connectivity index (χ4v) is 1.73. The monoisotopic (exact) mass is 290 g/mol. The minimum absolute atomic E-state index is 0.0120. The predicted molar refractivity (Wildman–Crippen MR) is 77.0 cm³/mol. The van der Waals surface area contributed by atoms with Crippen molar-refractivity contribution in [2.45, 2.75) is 18.9 Å². The van der Waals surface area contributed by atoms with Crippen molar-refractivity contribution >= 4 is 17.8 Å². The SMILES string of the molecule is C=C(CC(=O)NC(Cc1ccccc1)C(N)=O)C(=O)OC. The molecule has 6 heteroatoms. The summed E-state index contributed by atoms with van der Waals surface area (Å²) < 4.78 is 4.45. The zero-order valence-corrected chi connectivity index (χ0v) is 11.8. The first-order valence-electron chi connectivity index (χ1n) is 6.32. The summed E-state index contributed by atoms with van der Waals surface area (Å²) in [5.41, 5.74) is 6.16. The van der Waals surface area contributed by atoms with Crippen LogP contribution in [-0.4, -0.2) is 30.9 Å². The minimum Gasteiger partial charge on any atom is -0.466 e. The predicted octanol–water partition coefficient (Wildman–Crippen LogP) is 0.318. The van der Waals surface area contributed by atoms with Crippen molar-refractivity contribution in [1.82, 2.24) is 5.32 Å². The van der Waals surface area contributed by atoms with Crippen molar-refractivity contribution in [2.75, 3.05) is 7.11 Å². The number of nitrogens with two attached hydrogens (primary N) is 1. The molecular weight excluding hydrogens is 272 g/mol. The molecule has 0 aliphatic heterocycles. The normalized spacial score (nSPS) is 11.3. The Morgan fingerprint density at radius 1 is 1.29 bits per heavy atom. The number of hydrogen-bond acceptors (Lipinski definition) is 4. The number of amides is 2. The van der Waals surface area contributed by atoms with Crippen LogP contribution in [0, 0.1) is 0 Å². The Hall–Kier alpha value is -2.63. The maximum absolute atomic E-state index is 11.8. The van der Waals surface area contributed by atoms with E-state index in [4.69, 9.17) is 5.73 Å². The van der Waals surface area contributed by atoms with E-state index in [9.17, 15) is 14.4 Å². The van der Waals surface area contributed by atoms with Crippen LogP contribution in [0.4, 0.5) is 0 Å². The molecule has 3 N–H and O–H groups in total. The molecule has 0 aromatic heterocycles. The molecule has 2 amide bonds. The smallest absolute Gasteiger partial charge is 0.333 e. The summed E-state index contributed by atoms with van der Waals surface area (Å²) >= 11 is 0. The highest BCUT2D eigenvalue weighted by Crippen LogP contribution is 2.05. The second-order valence-electron chi connectivity index (χ2n) is 4.48. The second-order valence-corrected chi connectivity index (χ2v) is 4.48. The molecule has 0 saturated carbocycles. The van der Waals surface area contributed by atoms with Gasteiger partial charge in [0.25, 0.3) is 0 Å². The maximum atomic E-state index is 11.8. The number of carbonyl (C=O) groups is 3. The van der Waals surface area contributed by atoms with Gasteiger partial charge in [-0.05, 0) is 5.56 Å². The highest BCUT2D eigenvalue weighted by atomic mass is 16.5. The zero-order valence-electron chi connectivity index (χ0n) is 11.8. The van der Waals surface area contributed by atoms with Gasteiger partial charge in [-0.2, -0.15) is 0 Å². The Morgan fingerprint density at radius 3 is 2.43 bits per heavy atom. The van der Waals surface area contributed by atoms with Crippen LogP contribution in [0.5, 0.6) is 0 Å². The summed E-state index contributed by atoms with van der Waals surface area (Å²) in [4.78, 5) is 34.4. The third-order valence-electron chi connectivity index (χ3n) is 2.81. The highest BCUT2D eigenvalue weighted by molar-refractivity contribution is 5.96. The van der Waals surface area contributed by atoms with Gasteiger partial charge in [0.1, 0.15) is 6.04 Å². The minimum atomic E-state index is -0.842. The lowest BCUT2D eigenvalue weighted by Crippen LogP contribution is -2.46. The molecular formula is C15H18N2O4. The Kier molecular flexibility index (Phi) is 6.13. The van der Waals surface area contributed by atoms with E-state index >= 15 is 0 Å². The van der Waals surface area contributed by atoms with Crippen LogP contribution in [-0.2, 0) is 25.5 Å². The number of nitrogens with one attached hydrogen (secondary N) is 1. The van der Waals surface area contributed by atoms with Crippen molar-refractivity contribution in [1.29, 1.82) is 0 Å². The van der Waals surface area contributed by atoms with Crippen LogP contribution >= 0.6 is 0 Å². The van der Waals surface area contributed by atoms with Crippen LogP contribution in [0.2, 0.25) is 0 Å². The van der Waals surface area contributed by atoms with E-state index in [0.717, 1.165) is 5.56 Å². The van der Waals surface area contributed by atoms with E-state index in [1.54, 1.807) is 0 Å².